The Bertz CT molecular complexity index is 628. The highest BCUT2D eigenvalue weighted by atomic mass is 16.5. The zero-order chi connectivity index (χ0) is 15.2. The number of carbonyl (C=O) groups excluding carboxylic acids is 1. The van der Waals surface area contributed by atoms with Gasteiger partial charge in [0.15, 0.2) is 0 Å². The first-order valence-electron chi connectivity index (χ1n) is 7.10. The van der Waals surface area contributed by atoms with Crippen LogP contribution in [0.25, 0.3) is 10.9 Å². The molecule has 1 unspecified atom stereocenters. The topological polar surface area (TPSA) is 63.2 Å². The SMILES string of the molecule is CCNc1cc(C(=O)NCC(C)OC)c2ccccc2n1. The number of nitrogens with one attached hydrogen (secondary N) is 2. The lowest BCUT2D eigenvalue weighted by molar-refractivity contribution is 0.0872. The minimum absolute atomic E-state index is 0.0183. The molecule has 2 N–H and O–H groups in total. The molecule has 0 saturated carbocycles. The highest BCUT2D eigenvalue weighted by Gasteiger charge is 2.13. The Hall–Kier alpha value is -2.14. The number of fused-ring (bicyclic) bond motifs is 1. The number of nitrogens with zero attached hydrogens (tertiary/aromatic N) is 1. The Morgan fingerprint density at radius 1 is 1.38 bits per heavy atom. The quantitative estimate of drug-likeness (QED) is 0.856. The molecule has 112 valence electrons. The summed E-state index contributed by atoms with van der Waals surface area (Å²) in [5.74, 6) is 0.595. The molecule has 0 bridgehead atoms. The molecule has 0 spiro atoms. The van der Waals surface area contributed by atoms with E-state index < -0.39 is 0 Å². The van der Waals surface area contributed by atoms with Crippen molar-refractivity contribution in [3.05, 3.63) is 35.9 Å². The molecule has 0 aliphatic heterocycles. The fraction of sp³-hybridized carbons (Fsp3) is 0.375. The van der Waals surface area contributed by atoms with Crippen LogP contribution < -0.4 is 10.6 Å². The molecule has 0 fully saturated rings. The summed E-state index contributed by atoms with van der Waals surface area (Å²) in [6.45, 7) is 5.14. The van der Waals surface area contributed by atoms with Crippen LogP contribution in [0.4, 0.5) is 5.82 Å². The number of benzene rings is 1. The number of anilines is 1. The van der Waals surface area contributed by atoms with Crippen LogP contribution in [0.3, 0.4) is 0 Å². The third kappa shape index (κ3) is 3.70. The second-order valence-electron chi connectivity index (χ2n) is 4.86. The molecule has 1 atom stereocenters. The molecule has 1 amide bonds. The van der Waals surface area contributed by atoms with Crippen molar-refractivity contribution >= 4 is 22.6 Å². The molecule has 2 rings (SSSR count). The number of pyridine rings is 1. The van der Waals surface area contributed by atoms with Crippen LogP contribution in [0.5, 0.6) is 0 Å². The van der Waals surface area contributed by atoms with Gasteiger partial charge in [0, 0.05) is 25.6 Å². The molecule has 0 radical (unpaired) electrons. The normalized spacial score (nSPS) is 12.1. The lowest BCUT2D eigenvalue weighted by atomic mass is 10.1. The van der Waals surface area contributed by atoms with Gasteiger partial charge in [0.2, 0.25) is 0 Å². The van der Waals surface area contributed by atoms with Crippen molar-refractivity contribution in [2.24, 2.45) is 0 Å². The smallest absolute Gasteiger partial charge is 0.252 e. The number of rotatable bonds is 6. The van der Waals surface area contributed by atoms with Gasteiger partial charge in [-0.1, -0.05) is 18.2 Å². The molecule has 1 heterocycles. The summed E-state index contributed by atoms with van der Waals surface area (Å²) >= 11 is 0. The number of ether oxygens (including phenoxy) is 1. The van der Waals surface area contributed by atoms with E-state index >= 15 is 0 Å². The molecular weight excluding hydrogens is 266 g/mol. The third-order valence-corrected chi connectivity index (χ3v) is 3.27. The first kappa shape index (κ1) is 15.3. The maximum atomic E-state index is 12.4. The van der Waals surface area contributed by atoms with Crippen LogP contribution in [0, 0.1) is 0 Å². The van der Waals surface area contributed by atoms with Crippen molar-refractivity contribution in [1.29, 1.82) is 0 Å². The van der Waals surface area contributed by atoms with Crippen molar-refractivity contribution < 1.29 is 9.53 Å². The minimum Gasteiger partial charge on any atom is -0.380 e. The molecule has 1 aromatic carbocycles. The summed E-state index contributed by atoms with van der Waals surface area (Å²) in [6, 6.07) is 9.43. The molecule has 0 aliphatic rings. The Balaban J connectivity index is 2.34. The van der Waals surface area contributed by atoms with Gasteiger partial charge in [0.25, 0.3) is 5.91 Å². The van der Waals surface area contributed by atoms with Crippen LogP contribution in [0.2, 0.25) is 0 Å². The number of amides is 1. The van der Waals surface area contributed by atoms with E-state index in [4.69, 9.17) is 4.74 Å². The van der Waals surface area contributed by atoms with Gasteiger partial charge in [0.1, 0.15) is 5.82 Å². The standard InChI is InChI=1S/C16H21N3O2/c1-4-17-15-9-13(16(20)18-10-11(2)21-3)12-7-5-6-8-14(12)19-15/h5-9,11H,4,10H2,1-3H3,(H,17,19)(H,18,20). The van der Waals surface area contributed by atoms with Gasteiger partial charge in [0.05, 0.1) is 17.2 Å². The Morgan fingerprint density at radius 3 is 2.86 bits per heavy atom. The van der Waals surface area contributed by atoms with Crippen molar-refractivity contribution in [3.63, 3.8) is 0 Å². The molecule has 0 saturated heterocycles. The zero-order valence-corrected chi connectivity index (χ0v) is 12.6. The maximum absolute atomic E-state index is 12.4. The molecular formula is C16H21N3O2. The zero-order valence-electron chi connectivity index (χ0n) is 12.6. The second-order valence-corrected chi connectivity index (χ2v) is 4.86. The number of hydrogen-bond donors (Lipinski definition) is 2. The highest BCUT2D eigenvalue weighted by Crippen LogP contribution is 2.20. The lowest BCUT2D eigenvalue weighted by Crippen LogP contribution is -2.31. The van der Waals surface area contributed by atoms with E-state index in [-0.39, 0.29) is 12.0 Å². The summed E-state index contributed by atoms with van der Waals surface area (Å²) in [4.78, 5) is 16.9. The Morgan fingerprint density at radius 2 is 2.14 bits per heavy atom. The van der Waals surface area contributed by atoms with Gasteiger partial charge in [-0.25, -0.2) is 4.98 Å². The highest BCUT2D eigenvalue weighted by molar-refractivity contribution is 6.06. The predicted octanol–water partition coefficient (Wildman–Crippen LogP) is 2.43. The van der Waals surface area contributed by atoms with Crippen LogP contribution >= 0.6 is 0 Å². The second kappa shape index (κ2) is 7.04. The van der Waals surface area contributed by atoms with Crippen LogP contribution in [-0.2, 0) is 4.74 Å². The first-order valence-corrected chi connectivity index (χ1v) is 7.10. The van der Waals surface area contributed by atoms with E-state index in [0.717, 1.165) is 17.4 Å². The first-order chi connectivity index (χ1) is 10.2. The van der Waals surface area contributed by atoms with Gasteiger partial charge in [-0.3, -0.25) is 4.79 Å². The van der Waals surface area contributed by atoms with Crippen molar-refractivity contribution in [1.82, 2.24) is 10.3 Å². The van der Waals surface area contributed by atoms with E-state index in [9.17, 15) is 4.79 Å². The summed E-state index contributed by atoms with van der Waals surface area (Å²) in [5, 5.41) is 6.90. The number of hydrogen-bond acceptors (Lipinski definition) is 4. The average Bonchev–Trinajstić information content (AvgIpc) is 2.51. The van der Waals surface area contributed by atoms with Gasteiger partial charge >= 0.3 is 0 Å². The van der Waals surface area contributed by atoms with E-state index in [0.29, 0.717) is 17.9 Å². The summed E-state index contributed by atoms with van der Waals surface area (Å²) in [7, 11) is 1.63. The molecule has 5 heteroatoms. The van der Waals surface area contributed by atoms with E-state index in [1.807, 2.05) is 38.1 Å². The van der Waals surface area contributed by atoms with Gasteiger partial charge in [-0.2, -0.15) is 0 Å². The lowest BCUT2D eigenvalue weighted by Gasteiger charge is -2.13. The molecule has 5 nitrogen and oxygen atoms in total. The predicted molar refractivity (Wildman–Crippen MR) is 84.7 cm³/mol. The van der Waals surface area contributed by atoms with Crippen molar-refractivity contribution in [2.75, 3.05) is 25.5 Å². The summed E-state index contributed by atoms with van der Waals surface area (Å²) in [5.41, 5.74) is 1.43. The maximum Gasteiger partial charge on any atom is 0.252 e. The summed E-state index contributed by atoms with van der Waals surface area (Å²) < 4.78 is 5.15. The van der Waals surface area contributed by atoms with Gasteiger partial charge < -0.3 is 15.4 Å². The van der Waals surface area contributed by atoms with Gasteiger partial charge in [-0.05, 0) is 26.0 Å². The Kier molecular flexibility index (Phi) is 5.11. The Labute approximate surface area is 124 Å². The molecule has 2 aromatic rings. The molecule has 1 aromatic heterocycles. The summed E-state index contributed by atoms with van der Waals surface area (Å²) in [6.07, 6.45) is -0.0183. The number of carbonyl (C=O) groups is 1. The minimum atomic E-state index is -0.114. The molecule has 0 aliphatic carbocycles. The fourth-order valence-corrected chi connectivity index (χ4v) is 2.05. The van der Waals surface area contributed by atoms with Crippen molar-refractivity contribution in [3.8, 4) is 0 Å². The van der Waals surface area contributed by atoms with Crippen molar-refractivity contribution in [2.45, 2.75) is 20.0 Å². The monoisotopic (exact) mass is 287 g/mol. The van der Waals surface area contributed by atoms with E-state index in [2.05, 4.69) is 15.6 Å². The number of methoxy groups -OCH3 is 1. The third-order valence-electron chi connectivity index (χ3n) is 3.27. The van der Waals surface area contributed by atoms with Crippen LogP contribution in [0.1, 0.15) is 24.2 Å². The largest absolute Gasteiger partial charge is 0.380 e. The van der Waals surface area contributed by atoms with Gasteiger partial charge in [-0.15, -0.1) is 0 Å². The average molecular weight is 287 g/mol. The van der Waals surface area contributed by atoms with E-state index in [1.165, 1.54) is 0 Å². The van der Waals surface area contributed by atoms with E-state index in [1.54, 1.807) is 13.2 Å². The molecule has 21 heavy (non-hydrogen) atoms. The number of aromatic nitrogens is 1. The van der Waals surface area contributed by atoms with Crippen LogP contribution in [0.15, 0.2) is 30.3 Å². The fourth-order valence-electron chi connectivity index (χ4n) is 2.05. The number of para-hydroxylation sites is 1. The van der Waals surface area contributed by atoms with Crippen LogP contribution in [-0.4, -0.2) is 37.2 Å².